The molecule has 0 amide bonds. The molecule has 3 aromatic rings. The zero-order chi connectivity index (χ0) is 21.6. The van der Waals surface area contributed by atoms with Crippen LogP contribution in [0.25, 0.3) is 16.6 Å². The third-order valence-electron chi connectivity index (χ3n) is 6.85. The van der Waals surface area contributed by atoms with Crippen molar-refractivity contribution in [1.82, 2.24) is 29.6 Å². The second-order valence-corrected chi connectivity index (χ2v) is 9.08. The van der Waals surface area contributed by atoms with Gasteiger partial charge in [0.25, 0.3) is 0 Å². The lowest BCUT2D eigenvalue weighted by molar-refractivity contribution is -0.0762. The van der Waals surface area contributed by atoms with Crippen LogP contribution in [0.1, 0.15) is 24.6 Å². The maximum Gasteiger partial charge on any atom is 0.146 e. The molecule has 34 heavy (non-hydrogen) atoms. The first-order valence-corrected chi connectivity index (χ1v) is 11.1. The van der Waals surface area contributed by atoms with Crippen LogP contribution >= 0.6 is 48.8 Å². The van der Waals surface area contributed by atoms with Crippen molar-refractivity contribution in [2.45, 2.75) is 31.4 Å². The maximum atomic E-state index is 6.27. The molecule has 0 spiro atoms. The van der Waals surface area contributed by atoms with Gasteiger partial charge < -0.3 is 19.7 Å². The molecule has 0 radical (unpaired) electrons. The third kappa shape index (κ3) is 5.14. The molecule has 0 unspecified atom stereocenters. The van der Waals surface area contributed by atoms with Crippen LogP contribution in [0.15, 0.2) is 24.7 Å². The van der Waals surface area contributed by atoms with Gasteiger partial charge in [-0.25, -0.2) is 4.52 Å². The summed E-state index contributed by atoms with van der Waals surface area (Å²) in [6, 6.07) is 2.42. The van der Waals surface area contributed by atoms with Gasteiger partial charge in [0.05, 0.1) is 30.6 Å². The van der Waals surface area contributed by atoms with E-state index in [0.29, 0.717) is 16.8 Å². The standard InChI is InChI=1S/C22H29ClN6O2.3ClH/c1-15-18(16-8-20(30-2)21-19(23)10-25-28(21)11-16)9-26-29(15)17-4-6-27(7-5-17)14-22(31-3)12-24-13-22;;;/h8-11,17,24H,4-7,12-14H2,1-3H3;3*1H. The number of piperidine rings is 1. The molecular formula is C22H32Cl4N6O2. The minimum Gasteiger partial charge on any atom is -0.494 e. The largest absolute Gasteiger partial charge is 0.494 e. The summed E-state index contributed by atoms with van der Waals surface area (Å²) < 4.78 is 15.3. The lowest BCUT2D eigenvalue weighted by atomic mass is 9.94. The van der Waals surface area contributed by atoms with Gasteiger partial charge in [-0.2, -0.15) is 10.2 Å². The number of aromatic nitrogens is 4. The molecule has 2 aliphatic heterocycles. The molecule has 0 aromatic carbocycles. The van der Waals surface area contributed by atoms with E-state index >= 15 is 0 Å². The summed E-state index contributed by atoms with van der Waals surface area (Å²) in [5, 5.41) is 13.0. The highest BCUT2D eigenvalue weighted by Crippen LogP contribution is 2.34. The van der Waals surface area contributed by atoms with Crippen LogP contribution in [0, 0.1) is 6.92 Å². The van der Waals surface area contributed by atoms with Gasteiger partial charge in [0.2, 0.25) is 0 Å². The zero-order valence-electron chi connectivity index (χ0n) is 19.5. The Morgan fingerprint density at radius 3 is 2.41 bits per heavy atom. The Morgan fingerprint density at radius 1 is 1.12 bits per heavy atom. The molecule has 0 bridgehead atoms. The average molecular weight is 554 g/mol. The van der Waals surface area contributed by atoms with Gasteiger partial charge in [0.1, 0.15) is 16.9 Å². The molecule has 190 valence electrons. The number of methoxy groups -OCH3 is 2. The van der Waals surface area contributed by atoms with Gasteiger partial charge in [-0.05, 0) is 25.8 Å². The molecule has 0 saturated carbocycles. The number of pyridine rings is 1. The highest BCUT2D eigenvalue weighted by Gasteiger charge is 2.39. The summed E-state index contributed by atoms with van der Waals surface area (Å²) in [5.74, 6) is 0.706. The molecule has 3 aromatic heterocycles. The van der Waals surface area contributed by atoms with Crippen molar-refractivity contribution >= 4 is 54.3 Å². The molecule has 0 atom stereocenters. The number of hydrogen-bond acceptors (Lipinski definition) is 6. The van der Waals surface area contributed by atoms with Crippen molar-refractivity contribution in [1.29, 1.82) is 0 Å². The van der Waals surface area contributed by atoms with Crippen molar-refractivity contribution in [3.63, 3.8) is 0 Å². The van der Waals surface area contributed by atoms with E-state index in [0.717, 1.165) is 67.9 Å². The predicted octanol–water partition coefficient (Wildman–Crippen LogP) is 4.06. The Labute approximate surface area is 223 Å². The van der Waals surface area contributed by atoms with E-state index in [1.807, 2.05) is 25.6 Å². The topological polar surface area (TPSA) is 68.8 Å². The second-order valence-electron chi connectivity index (χ2n) is 8.67. The minimum atomic E-state index is -0.00524. The van der Waals surface area contributed by atoms with Gasteiger partial charge in [0, 0.05) is 62.9 Å². The Balaban J connectivity index is 0.00000136. The summed E-state index contributed by atoms with van der Waals surface area (Å²) in [6.45, 7) is 7.16. The van der Waals surface area contributed by atoms with E-state index < -0.39 is 0 Å². The summed E-state index contributed by atoms with van der Waals surface area (Å²) in [5.41, 5.74) is 4.04. The minimum absolute atomic E-state index is 0. The molecule has 1 N–H and O–H groups in total. The van der Waals surface area contributed by atoms with Crippen molar-refractivity contribution in [3.05, 3.63) is 35.4 Å². The first-order chi connectivity index (χ1) is 15.0. The Morgan fingerprint density at radius 2 is 1.82 bits per heavy atom. The number of likely N-dealkylation sites (tertiary alicyclic amines) is 1. The van der Waals surface area contributed by atoms with E-state index in [2.05, 4.69) is 26.9 Å². The number of rotatable bonds is 6. The molecule has 12 heteroatoms. The lowest BCUT2D eigenvalue weighted by Crippen LogP contribution is -2.66. The Hall–Kier alpha value is -1.26. The molecule has 5 rings (SSSR count). The van der Waals surface area contributed by atoms with Crippen molar-refractivity contribution in [2.75, 3.05) is 46.9 Å². The first-order valence-electron chi connectivity index (χ1n) is 10.8. The van der Waals surface area contributed by atoms with Gasteiger partial charge in [-0.15, -0.1) is 37.2 Å². The number of ether oxygens (including phenoxy) is 2. The summed E-state index contributed by atoms with van der Waals surface area (Å²) in [6.07, 6.45) is 7.75. The maximum absolute atomic E-state index is 6.27. The zero-order valence-corrected chi connectivity index (χ0v) is 22.7. The van der Waals surface area contributed by atoms with E-state index in [1.165, 1.54) is 0 Å². The first kappa shape index (κ1) is 29.0. The van der Waals surface area contributed by atoms with Crippen molar-refractivity contribution < 1.29 is 9.47 Å². The molecule has 0 aliphatic carbocycles. The van der Waals surface area contributed by atoms with E-state index in [4.69, 9.17) is 26.2 Å². The fourth-order valence-electron chi connectivity index (χ4n) is 4.88. The lowest BCUT2D eigenvalue weighted by Gasteiger charge is -2.45. The van der Waals surface area contributed by atoms with Gasteiger partial charge in [-0.1, -0.05) is 11.6 Å². The number of nitrogens with zero attached hydrogens (tertiary/aromatic N) is 5. The van der Waals surface area contributed by atoms with Crippen LogP contribution in [0.2, 0.25) is 5.02 Å². The fourth-order valence-corrected chi connectivity index (χ4v) is 5.10. The average Bonchev–Trinajstić information content (AvgIpc) is 3.33. The molecular weight excluding hydrogens is 522 g/mol. The van der Waals surface area contributed by atoms with Crippen LogP contribution in [-0.2, 0) is 4.74 Å². The summed E-state index contributed by atoms with van der Waals surface area (Å²) >= 11 is 6.27. The predicted molar refractivity (Wildman–Crippen MR) is 142 cm³/mol. The Kier molecular flexibility index (Phi) is 9.93. The van der Waals surface area contributed by atoms with Gasteiger partial charge in [-0.3, -0.25) is 4.68 Å². The normalized spacial score (nSPS) is 17.9. The van der Waals surface area contributed by atoms with Gasteiger partial charge in [0.15, 0.2) is 0 Å². The Bertz CT molecular complexity index is 1090. The molecule has 8 nitrogen and oxygen atoms in total. The van der Waals surface area contributed by atoms with Crippen LogP contribution in [-0.4, -0.2) is 76.8 Å². The summed E-state index contributed by atoms with van der Waals surface area (Å²) in [7, 11) is 3.48. The molecule has 2 aliphatic rings. The summed E-state index contributed by atoms with van der Waals surface area (Å²) in [4.78, 5) is 2.53. The second kappa shape index (κ2) is 11.6. The quantitative estimate of drug-likeness (QED) is 0.496. The van der Waals surface area contributed by atoms with Gasteiger partial charge >= 0.3 is 0 Å². The number of hydrogen-bond donors (Lipinski definition) is 1. The highest BCUT2D eigenvalue weighted by atomic mass is 35.5. The highest BCUT2D eigenvalue weighted by molar-refractivity contribution is 6.34. The molecule has 2 fully saturated rings. The van der Waals surface area contributed by atoms with Crippen LogP contribution < -0.4 is 10.1 Å². The number of halogens is 4. The third-order valence-corrected chi connectivity index (χ3v) is 7.13. The fraction of sp³-hybridized carbons (Fsp3) is 0.545. The van der Waals surface area contributed by atoms with Crippen molar-refractivity contribution in [3.8, 4) is 16.9 Å². The number of fused-ring (bicyclic) bond motifs is 1. The van der Waals surface area contributed by atoms with Crippen LogP contribution in [0.4, 0.5) is 0 Å². The molecule has 5 heterocycles. The van der Waals surface area contributed by atoms with E-state index in [-0.39, 0.29) is 42.8 Å². The van der Waals surface area contributed by atoms with E-state index in [1.54, 1.807) is 17.8 Å². The number of nitrogens with one attached hydrogen (secondary N) is 1. The van der Waals surface area contributed by atoms with E-state index in [9.17, 15) is 0 Å². The smallest absolute Gasteiger partial charge is 0.146 e. The SMILES string of the molecule is COc1cc(-c2cnn(C3CCN(CC4(OC)CNC4)CC3)c2C)cn2ncc(Cl)c12.Cl.Cl.Cl. The van der Waals surface area contributed by atoms with Crippen LogP contribution in [0.5, 0.6) is 5.75 Å². The molecule has 2 saturated heterocycles. The monoisotopic (exact) mass is 552 g/mol. The van der Waals surface area contributed by atoms with Crippen LogP contribution in [0.3, 0.4) is 0 Å². The van der Waals surface area contributed by atoms with Crippen molar-refractivity contribution in [2.24, 2.45) is 0 Å².